The Balaban J connectivity index is 1.81. The number of nitrogens with one attached hydrogen (secondary N) is 1. The molecule has 1 heterocycles. The first-order valence-electron chi connectivity index (χ1n) is 7.52. The van der Waals surface area contributed by atoms with E-state index in [0.29, 0.717) is 0 Å². The molecule has 0 spiro atoms. The molecule has 1 aliphatic rings. The molecular formula is C18H21BrNO2+. The van der Waals surface area contributed by atoms with E-state index >= 15 is 0 Å². The lowest BCUT2D eigenvalue weighted by atomic mass is 9.99. The van der Waals surface area contributed by atoms with Gasteiger partial charge in [-0.3, -0.25) is 0 Å². The molecule has 1 unspecified atom stereocenters. The molecule has 1 atom stereocenters. The molecule has 0 aromatic heterocycles. The Labute approximate surface area is 140 Å². The third-order valence-electron chi connectivity index (χ3n) is 4.30. The molecule has 0 saturated carbocycles. The number of benzene rings is 2. The molecule has 0 fully saturated rings. The first-order chi connectivity index (χ1) is 10.7. The molecular weight excluding hydrogens is 342 g/mol. The van der Waals surface area contributed by atoms with Crippen molar-refractivity contribution in [3.8, 4) is 11.5 Å². The molecule has 0 radical (unpaired) electrons. The number of ether oxygens (including phenoxy) is 2. The van der Waals surface area contributed by atoms with Gasteiger partial charge in [0.25, 0.3) is 0 Å². The Bertz CT molecular complexity index is 672. The Morgan fingerprint density at radius 3 is 2.50 bits per heavy atom. The smallest absolute Gasteiger partial charge is 0.136 e. The van der Waals surface area contributed by atoms with Crippen LogP contribution in [0.5, 0.6) is 11.5 Å². The van der Waals surface area contributed by atoms with Gasteiger partial charge in [-0.25, -0.2) is 0 Å². The minimum Gasteiger partial charge on any atom is -0.496 e. The second kappa shape index (κ2) is 6.71. The Morgan fingerprint density at radius 1 is 1.05 bits per heavy atom. The quantitative estimate of drug-likeness (QED) is 0.903. The summed E-state index contributed by atoms with van der Waals surface area (Å²) < 4.78 is 11.9. The maximum atomic E-state index is 5.54. The number of fused-ring (bicyclic) bond motifs is 1. The monoisotopic (exact) mass is 362 g/mol. The average Bonchev–Trinajstić information content (AvgIpc) is 2.55. The number of quaternary nitrogens is 1. The van der Waals surface area contributed by atoms with Gasteiger partial charge >= 0.3 is 0 Å². The fraction of sp³-hybridized carbons (Fsp3) is 0.333. The fourth-order valence-corrected chi connectivity index (χ4v) is 3.68. The normalized spacial score (nSPS) is 17.0. The van der Waals surface area contributed by atoms with Gasteiger partial charge in [0.2, 0.25) is 0 Å². The first kappa shape index (κ1) is 15.4. The molecule has 2 aromatic carbocycles. The van der Waals surface area contributed by atoms with Gasteiger partial charge in [0, 0.05) is 23.6 Å². The van der Waals surface area contributed by atoms with Gasteiger partial charge in [0.05, 0.1) is 25.2 Å². The van der Waals surface area contributed by atoms with Crippen molar-refractivity contribution in [1.29, 1.82) is 0 Å². The van der Waals surface area contributed by atoms with Gasteiger partial charge in [-0.05, 0) is 27.6 Å². The van der Waals surface area contributed by atoms with E-state index < -0.39 is 0 Å². The molecule has 3 nitrogen and oxygen atoms in total. The summed E-state index contributed by atoms with van der Waals surface area (Å²) in [5.74, 6) is 1.70. The first-order valence-corrected chi connectivity index (χ1v) is 8.31. The lowest BCUT2D eigenvalue weighted by molar-refractivity contribution is -0.929. The lowest BCUT2D eigenvalue weighted by Gasteiger charge is -2.26. The van der Waals surface area contributed by atoms with Crippen LogP contribution in [0.25, 0.3) is 0 Å². The van der Waals surface area contributed by atoms with Gasteiger partial charge in [0.1, 0.15) is 24.6 Å². The topological polar surface area (TPSA) is 22.9 Å². The summed E-state index contributed by atoms with van der Waals surface area (Å²) in [6, 6.07) is 12.8. The molecule has 0 saturated heterocycles. The Kier molecular flexibility index (Phi) is 4.69. The average molecular weight is 363 g/mol. The van der Waals surface area contributed by atoms with Crippen molar-refractivity contribution in [3.05, 3.63) is 57.6 Å². The van der Waals surface area contributed by atoms with E-state index in [2.05, 4.69) is 46.3 Å². The predicted octanol–water partition coefficient (Wildman–Crippen LogP) is 2.61. The van der Waals surface area contributed by atoms with E-state index in [1.165, 1.54) is 16.7 Å². The molecule has 3 rings (SSSR count). The van der Waals surface area contributed by atoms with Crippen LogP contribution < -0.4 is 14.4 Å². The number of halogens is 1. The van der Waals surface area contributed by atoms with Crippen LogP contribution in [0.2, 0.25) is 0 Å². The van der Waals surface area contributed by atoms with E-state index in [9.17, 15) is 0 Å². The minimum absolute atomic E-state index is 0.805. The fourth-order valence-electron chi connectivity index (χ4n) is 3.12. The third kappa shape index (κ3) is 3.13. The maximum absolute atomic E-state index is 5.54. The van der Waals surface area contributed by atoms with E-state index in [4.69, 9.17) is 9.47 Å². The molecule has 0 bridgehead atoms. The zero-order valence-electron chi connectivity index (χ0n) is 13.0. The number of methoxy groups -OCH3 is 2. The van der Waals surface area contributed by atoms with Crippen LogP contribution in [0.3, 0.4) is 0 Å². The second-order valence-corrected chi connectivity index (χ2v) is 6.53. The van der Waals surface area contributed by atoms with Crippen molar-refractivity contribution in [2.45, 2.75) is 19.5 Å². The van der Waals surface area contributed by atoms with Crippen molar-refractivity contribution in [2.24, 2.45) is 0 Å². The zero-order chi connectivity index (χ0) is 15.5. The van der Waals surface area contributed by atoms with Crippen LogP contribution in [-0.4, -0.2) is 20.8 Å². The highest BCUT2D eigenvalue weighted by Gasteiger charge is 2.21. The largest absolute Gasteiger partial charge is 0.496 e. The van der Waals surface area contributed by atoms with E-state index in [1.807, 2.05) is 6.07 Å². The third-order valence-corrected chi connectivity index (χ3v) is 4.92. The van der Waals surface area contributed by atoms with Crippen molar-refractivity contribution in [1.82, 2.24) is 0 Å². The summed E-state index contributed by atoms with van der Waals surface area (Å²) in [4.78, 5) is 1.56. The molecule has 22 heavy (non-hydrogen) atoms. The van der Waals surface area contributed by atoms with Crippen LogP contribution in [0.15, 0.2) is 40.9 Å². The SMILES string of the molecule is COc1cc(OC)c(C[NH+]2CCc3ccccc3C2)cc1Br. The molecule has 0 amide bonds. The van der Waals surface area contributed by atoms with Crippen molar-refractivity contribution >= 4 is 15.9 Å². The van der Waals surface area contributed by atoms with E-state index in [0.717, 1.165) is 42.0 Å². The zero-order valence-corrected chi connectivity index (χ0v) is 14.6. The highest BCUT2D eigenvalue weighted by atomic mass is 79.9. The molecule has 1 N–H and O–H groups in total. The lowest BCUT2D eigenvalue weighted by Crippen LogP contribution is -3.10. The summed E-state index contributed by atoms with van der Waals surface area (Å²) in [5, 5.41) is 0. The molecule has 116 valence electrons. The molecule has 0 aliphatic carbocycles. The number of rotatable bonds is 4. The van der Waals surface area contributed by atoms with Crippen LogP contribution in [0, 0.1) is 0 Å². The van der Waals surface area contributed by atoms with E-state index in [1.54, 1.807) is 19.1 Å². The standard InChI is InChI=1S/C18H20BrNO2/c1-21-17-10-18(22-2)16(19)9-15(17)12-20-8-7-13-5-3-4-6-14(13)11-20/h3-6,9-10H,7-8,11-12H2,1-2H3/p+1. The van der Waals surface area contributed by atoms with Crippen LogP contribution in [0.1, 0.15) is 16.7 Å². The summed E-state index contributed by atoms with van der Waals surface area (Å²) in [7, 11) is 3.39. The van der Waals surface area contributed by atoms with Crippen molar-refractivity contribution in [3.63, 3.8) is 0 Å². The molecule has 1 aliphatic heterocycles. The highest BCUT2D eigenvalue weighted by molar-refractivity contribution is 9.10. The Hall–Kier alpha value is -1.52. The summed E-state index contributed by atoms with van der Waals surface area (Å²) >= 11 is 3.57. The summed E-state index contributed by atoms with van der Waals surface area (Å²) in [5.41, 5.74) is 4.17. The van der Waals surface area contributed by atoms with E-state index in [-0.39, 0.29) is 0 Å². The van der Waals surface area contributed by atoms with Gasteiger partial charge < -0.3 is 14.4 Å². The second-order valence-electron chi connectivity index (χ2n) is 5.67. The minimum atomic E-state index is 0.805. The van der Waals surface area contributed by atoms with Gasteiger partial charge in [0.15, 0.2) is 0 Å². The summed E-state index contributed by atoms with van der Waals surface area (Å²) in [6.45, 7) is 3.19. The Morgan fingerprint density at radius 2 is 1.77 bits per heavy atom. The van der Waals surface area contributed by atoms with Crippen molar-refractivity contribution in [2.75, 3.05) is 20.8 Å². The van der Waals surface area contributed by atoms with Gasteiger partial charge in [-0.1, -0.05) is 24.3 Å². The number of hydrogen-bond acceptors (Lipinski definition) is 2. The molecule has 4 heteroatoms. The maximum Gasteiger partial charge on any atom is 0.136 e. The van der Waals surface area contributed by atoms with Crippen LogP contribution in [0.4, 0.5) is 0 Å². The number of hydrogen-bond donors (Lipinski definition) is 1. The summed E-state index contributed by atoms with van der Waals surface area (Å²) in [6.07, 6.45) is 1.14. The van der Waals surface area contributed by atoms with Gasteiger partial charge in [-0.15, -0.1) is 0 Å². The predicted molar refractivity (Wildman–Crippen MR) is 90.6 cm³/mol. The molecule has 2 aromatic rings. The van der Waals surface area contributed by atoms with Crippen molar-refractivity contribution < 1.29 is 14.4 Å². The van der Waals surface area contributed by atoms with Gasteiger partial charge in [-0.2, -0.15) is 0 Å². The van der Waals surface area contributed by atoms with Crippen LogP contribution >= 0.6 is 15.9 Å². The highest BCUT2D eigenvalue weighted by Crippen LogP contribution is 2.32. The van der Waals surface area contributed by atoms with Crippen LogP contribution in [-0.2, 0) is 19.5 Å².